The van der Waals surface area contributed by atoms with Crippen molar-refractivity contribution >= 4 is 29.3 Å². The molecule has 1 unspecified atom stereocenters. The normalized spacial score (nSPS) is 17.1. The molecule has 120 valence electrons. The quantitative estimate of drug-likeness (QED) is 0.843. The van der Waals surface area contributed by atoms with Gasteiger partial charge in [0, 0.05) is 23.5 Å². The van der Waals surface area contributed by atoms with E-state index in [2.05, 4.69) is 29.4 Å². The summed E-state index contributed by atoms with van der Waals surface area (Å²) in [5.41, 5.74) is 1.30. The molecule has 0 bridgehead atoms. The smallest absolute Gasteiger partial charge is 0.251 e. The molecule has 0 spiro atoms. The minimum Gasteiger partial charge on any atom is -0.351 e. The summed E-state index contributed by atoms with van der Waals surface area (Å²) in [5, 5.41) is 5.68. The first kappa shape index (κ1) is 16.8. The molecule has 0 fully saturated rings. The third-order valence-electron chi connectivity index (χ3n) is 3.78. The zero-order valence-corrected chi connectivity index (χ0v) is 14.1. The maximum absolute atomic E-state index is 12.2. The molecule has 1 heterocycles. The minimum absolute atomic E-state index is 0.0170. The predicted octanol–water partition coefficient (Wildman–Crippen LogP) is 2.19. The topological polar surface area (TPSA) is 61.4 Å². The van der Waals surface area contributed by atoms with Gasteiger partial charge in [-0.15, -0.1) is 11.8 Å². The minimum atomic E-state index is -0.104. The van der Waals surface area contributed by atoms with Crippen LogP contribution < -0.4 is 10.6 Å². The van der Waals surface area contributed by atoms with E-state index in [9.17, 15) is 9.59 Å². The second-order valence-electron chi connectivity index (χ2n) is 5.24. The van der Waals surface area contributed by atoms with E-state index in [0.717, 1.165) is 30.2 Å². The molecule has 1 aliphatic heterocycles. The van der Waals surface area contributed by atoms with Crippen LogP contribution in [0.25, 0.3) is 0 Å². The molecule has 2 rings (SSSR count). The lowest BCUT2D eigenvalue weighted by molar-refractivity contribution is -0.115. The molecule has 0 saturated heterocycles. The maximum atomic E-state index is 12.2. The van der Waals surface area contributed by atoms with Crippen molar-refractivity contribution in [2.45, 2.75) is 30.9 Å². The summed E-state index contributed by atoms with van der Waals surface area (Å²) in [6.45, 7) is 9.51. The van der Waals surface area contributed by atoms with E-state index in [4.69, 9.17) is 0 Å². The highest BCUT2D eigenvalue weighted by Gasteiger charge is 2.23. The predicted molar refractivity (Wildman–Crippen MR) is 90.5 cm³/mol. The summed E-state index contributed by atoms with van der Waals surface area (Å²) >= 11 is 1.52. The first-order chi connectivity index (χ1) is 10.5. The highest BCUT2D eigenvalue weighted by Crippen LogP contribution is 2.35. The molecule has 5 nitrogen and oxygen atoms in total. The molecule has 2 N–H and O–H groups in total. The highest BCUT2D eigenvalue weighted by molar-refractivity contribution is 8.00. The van der Waals surface area contributed by atoms with Gasteiger partial charge in [-0.25, -0.2) is 0 Å². The number of likely N-dealkylation sites (N-methyl/N-ethyl adjacent to an activating group) is 1. The summed E-state index contributed by atoms with van der Waals surface area (Å²) in [5.74, 6) is -0.121. The third-order valence-corrected chi connectivity index (χ3v) is 4.96. The maximum Gasteiger partial charge on any atom is 0.251 e. The molecule has 1 aromatic carbocycles. The molecule has 1 atom stereocenters. The number of fused-ring (bicyclic) bond motifs is 1. The number of hydrogen-bond donors (Lipinski definition) is 2. The van der Waals surface area contributed by atoms with Gasteiger partial charge in [-0.2, -0.15) is 0 Å². The number of carbonyl (C=O) groups excluding carboxylic acids is 2. The van der Waals surface area contributed by atoms with Crippen LogP contribution in [0.5, 0.6) is 0 Å². The molecule has 6 heteroatoms. The van der Waals surface area contributed by atoms with Crippen LogP contribution in [0.4, 0.5) is 5.69 Å². The summed E-state index contributed by atoms with van der Waals surface area (Å²) in [4.78, 5) is 27.2. The number of carbonyl (C=O) groups is 2. The van der Waals surface area contributed by atoms with E-state index in [0.29, 0.717) is 12.1 Å². The van der Waals surface area contributed by atoms with E-state index in [1.54, 1.807) is 6.07 Å². The van der Waals surface area contributed by atoms with E-state index in [1.165, 1.54) is 11.8 Å². The van der Waals surface area contributed by atoms with Gasteiger partial charge < -0.3 is 15.5 Å². The van der Waals surface area contributed by atoms with Crippen LogP contribution in [0.2, 0.25) is 0 Å². The number of thioether (sulfide) groups is 1. The molecule has 2 amide bonds. The first-order valence-corrected chi connectivity index (χ1v) is 8.55. The van der Waals surface area contributed by atoms with Gasteiger partial charge in [0.1, 0.15) is 0 Å². The van der Waals surface area contributed by atoms with Crippen molar-refractivity contribution in [1.82, 2.24) is 10.2 Å². The van der Waals surface area contributed by atoms with Crippen LogP contribution in [0, 0.1) is 0 Å². The van der Waals surface area contributed by atoms with E-state index in [-0.39, 0.29) is 17.1 Å². The van der Waals surface area contributed by atoms with Gasteiger partial charge in [0.15, 0.2) is 0 Å². The van der Waals surface area contributed by atoms with Crippen LogP contribution in [-0.2, 0) is 4.79 Å². The number of nitrogens with one attached hydrogen (secondary N) is 2. The van der Waals surface area contributed by atoms with Gasteiger partial charge in [-0.1, -0.05) is 13.8 Å². The average Bonchev–Trinajstić information content (AvgIpc) is 2.52. The fraction of sp³-hybridized carbons (Fsp3) is 0.500. The van der Waals surface area contributed by atoms with Gasteiger partial charge in [0.25, 0.3) is 5.91 Å². The van der Waals surface area contributed by atoms with E-state index < -0.39 is 0 Å². The van der Waals surface area contributed by atoms with E-state index >= 15 is 0 Å². The highest BCUT2D eigenvalue weighted by atomic mass is 32.2. The second-order valence-corrected chi connectivity index (χ2v) is 6.63. The third kappa shape index (κ3) is 4.01. The Morgan fingerprint density at radius 3 is 2.77 bits per heavy atom. The van der Waals surface area contributed by atoms with Gasteiger partial charge in [-0.3, -0.25) is 9.59 Å². The van der Waals surface area contributed by atoms with Gasteiger partial charge in [-0.05, 0) is 38.2 Å². The molecular weight excluding hydrogens is 298 g/mol. The monoisotopic (exact) mass is 321 g/mol. The number of hydrogen-bond acceptors (Lipinski definition) is 4. The van der Waals surface area contributed by atoms with Crippen molar-refractivity contribution in [3.8, 4) is 0 Å². The van der Waals surface area contributed by atoms with Crippen molar-refractivity contribution in [3.63, 3.8) is 0 Å². The standard InChI is InChI=1S/C16H23N3O2S/c1-4-19(5-2)9-8-17-16(21)12-6-7-14-13(10-12)18-15(20)11(3)22-14/h6-7,10-11H,4-5,8-9H2,1-3H3,(H,17,21)(H,18,20). The van der Waals surface area contributed by atoms with Crippen LogP contribution >= 0.6 is 11.8 Å². The first-order valence-electron chi connectivity index (χ1n) is 7.67. The fourth-order valence-electron chi connectivity index (χ4n) is 2.32. The zero-order valence-electron chi connectivity index (χ0n) is 13.3. The molecule has 0 saturated carbocycles. The molecular formula is C16H23N3O2S. The second kappa shape index (κ2) is 7.65. The van der Waals surface area contributed by atoms with E-state index in [1.807, 2.05) is 19.1 Å². The Morgan fingerprint density at radius 2 is 2.09 bits per heavy atom. The Kier molecular flexibility index (Phi) is 5.85. The SMILES string of the molecule is CCN(CC)CCNC(=O)c1ccc2c(c1)NC(=O)C(C)S2. The molecule has 1 aromatic rings. The summed E-state index contributed by atoms with van der Waals surface area (Å²) < 4.78 is 0. The summed E-state index contributed by atoms with van der Waals surface area (Å²) in [7, 11) is 0. The Balaban J connectivity index is 1.97. The Hall–Kier alpha value is -1.53. The van der Waals surface area contributed by atoms with Crippen molar-refractivity contribution in [2.24, 2.45) is 0 Å². The lowest BCUT2D eigenvalue weighted by Crippen LogP contribution is -2.35. The molecule has 0 radical (unpaired) electrons. The number of rotatable bonds is 6. The van der Waals surface area contributed by atoms with Crippen molar-refractivity contribution in [2.75, 3.05) is 31.5 Å². The van der Waals surface area contributed by atoms with Crippen LogP contribution in [-0.4, -0.2) is 48.1 Å². The van der Waals surface area contributed by atoms with Crippen LogP contribution in [0.3, 0.4) is 0 Å². The lowest BCUT2D eigenvalue weighted by atomic mass is 10.1. The Bertz CT molecular complexity index is 558. The number of anilines is 1. The van der Waals surface area contributed by atoms with Crippen molar-refractivity contribution in [1.29, 1.82) is 0 Å². The fourth-order valence-corrected chi connectivity index (χ4v) is 3.25. The lowest BCUT2D eigenvalue weighted by Gasteiger charge is -2.22. The number of amides is 2. The van der Waals surface area contributed by atoms with Crippen molar-refractivity contribution < 1.29 is 9.59 Å². The van der Waals surface area contributed by atoms with Gasteiger partial charge >= 0.3 is 0 Å². The largest absolute Gasteiger partial charge is 0.351 e. The Morgan fingerprint density at radius 1 is 1.36 bits per heavy atom. The van der Waals surface area contributed by atoms with Crippen molar-refractivity contribution in [3.05, 3.63) is 23.8 Å². The molecule has 0 aromatic heterocycles. The molecule has 22 heavy (non-hydrogen) atoms. The average molecular weight is 321 g/mol. The molecule has 0 aliphatic carbocycles. The van der Waals surface area contributed by atoms with Crippen LogP contribution in [0.1, 0.15) is 31.1 Å². The number of nitrogens with zero attached hydrogens (tertiary/aromatic N) is 1. The molecule has 1 aliphatic rings. The number of benzene rings is 1. The zero-order chi connectivity index (χ0) is 16.1. The summed E-state index contributed by atoms with van der Waals surface area (Å²) in [6.07, 6.45) is 0. The van der Waals surface area contributed by atoms with Gasteiger partial charge in [0.05, 0.1) is 10.9 Å². The van der Waals surface area contributed by atoms with Gasteiger partial charge in [0.2, 0.25) is 5.91 Å². The Labute approximate surface area is 135 Å². The van der Waals surface area contributed by atoms with Crippen LogP contribution in [0.15, 0.2) is 23.1 Å². The summed E-state index contributed by atoms with van der Waals surface area (Å²) in [6, 6.07) is 5.46.